The first-order chi connectivity index (χ1) is 4.52. The molecule has 0 saturated heterocycles. The van der Waals surface area contributed by atoms with E-state index in [0.29, 0.717) is 4.48 Å². The molecule has 0 heterocycles. The Morgan fingerprint density at radius 2 is 2.00 bits per heavy atom. The Labute approximate surface area is 62.4 Å². The van der Waals surface area contributed by atoms with Crippen LogP contribution in [0.1, 0.15) is 19.8 Å². The molecule has 0 N–H and O–H groups in total. The van der Waals surface area contributed by atoms with Gasteiger partial charge in [0, 0.05) is 12.8 Å². The summed E-state index contributed by atoms with van der Waals surface area (Å²) in [5.74, 6) is 0.813. The Morgan fingerprint density at radius 3 is 2.30 bits per heavy atom. The van der Waals surface area contributed by atoms with Crippen LogP contribution in [0, 0.1) is 5.92 Å². The predicted octanol–water partition coefficient (Wildman–Crippen LogP) is 1.79. The first-order valence-electron chi connectivity index (χ1n) is 3.99. The molecule has 0 spiro atoms. The predicted molar refractivity (Wildman–Crippen MR) is 40.3 cm³/mol. The van der Waals surface area contributed by atoms with Crippen molar-refractivity contribution in [3.63, 3.8) is 0 Å². The van der Waals surface area contributed by atoms with Gasteiger partial charge in [-0.1, -0.05) is 0 Å². The standard InChI is InChI=1S/C8H17FN/c1-7(9)10(2,3)6-8-4-5-8/h7-8H,4-6H2,1-3H3/q+1. The quantitative estimate of drug-likeness (QED) is 0.420. The lowest BCUT2D eigenvalue weighted by atomic mass is 10.3. The Kier molecular flexibility index (Phi) is 1.99. The minimum absolute atomic E-state index is 0.532. The van der Waals surface area contributed by atoms with Crippen LogP contribution < -0.4 is 0 Å². The number of hydrogen-bond acceptors (Lipinski definition) is 0. The highest BCUT2D eigenvalue weighted by Gasteiger charge is 2.33. The zero-order valence-electron chi connectivity index (χ0n) is 7.10. The smallest absolute Gasteiger partial charge is 0.228 e. The van der Waals surface area contributed by atoms with E-state index < -0.39 is 6.30 Å². The van der Waals surface area contributed by atoms with Crippen molar-refractivity contribution in [3.05, 3.63) is 0 Å². The molecule has 60 valence electrons. The molecule has 0 amide bonds. The molecular formula is C8H17FN+. The summed E-state index contributed by atoms with van der Waals surface area (Å²) in [6.45, 7) is 2.65. The lowest BCUT2D eigenvalue weighted by molar-refractivity contribution is -0.929. The van der Waals surface area contributed by atoms with Crippen LogP contribution in [0.2, 0.25) is 0 Å². The van der Waals surface area contributed by atoms with E-state index >= 15 is 0 Å². The van der Waals surface area contributed by atoms with Crippen LogP contribution in [-0.4, -0.2) is 31.4 Å². The van der Waals surface area contributed by atoms with Gasteiger partial charge in [0.15, 0.2) is 0 Å². The van der Waals surface area contributed by atoms with Crippen molar-refractivity contribution in [2.75, 3.05) is 20.6 Å². The summed E-state index contributed by atoms with van der Waals surface area (Å²) in [5, 5.41) is 0. The molecule has 1 saturated carbocycles. The second-order valence-corrected chi connectivity index (χ2v) is 3.98. The second-order valence-electron chi connectivity index (χ2n) is 3.98. The van der Waals surface area contributed by atoms with Crippen molar-refractivity contribution in [1.29, 1.82) is 0 Å². The maximum absolute atomic E-state index is 12.8. The van der Waals surface area contributed by atoms with Gasteiger partial charge in [-0.3, -0.25) is 4.48 Å². The van der Waals surface area contributed by atoms with E-state index in [1.165, 1.54) is 12.8 Å². The second kappa shape index (κ2) is 2.50. The molecule has 0 aromatic carbocycles. The van der Waals surface area contributed by atoms with Gasteiger partial charge < -0.3 is 0 Å². The molecular weight excluding hydrogens is 129 g/mol. The molecule has 1 unspecified atom stereocenters. The fourth-order valence-electron chi connectivity index (χ4n) is 1.11. The molecule has 1 aliphatic carbocycles. The van der Waals surface area contributed by atoms with Crippen molar-refractivity contribution < 1.29 is 8.87 Å². The number of rotatable bonds is 3. The summed E-state index contributed by atoms with van der Waals surface area (Å²) < 4.78 is 13.4. The fourth-order valence-corrected chi connectivity index (χ4v) is 1.11. The largest absolute Gasteiger partial charge is 0.300 e. The van der Waals surface area contributed by atoms with E-state index in [0.717, 1.165) is 12.5 Å². The molecule has 1 aliphatic rings. The number of nitrogens with zero attached hydrogens (tertiary/aromatic N) is 1. The van der Waals surface area contributed by atoms with Crippen LogP contribution in [0.25, 0.3) is 0 Å². The third kappa shape index (κ3) is 1.94. The number of alkyl halides is 1. The van der Waals surface area contributed by atoms with Gasteiger partial charge in [-0.25, -0.2) is 0 Å². The highest BCUT2D eigenvalue weighted by molar-refractivity contribution is 4.72. The lowest BCUT2D eigenvalue weighted by Crippen LogP contribution is -2.46. The zero-order chi connectivity index (χ0) is 7.78. The van der Waals surface area contributed by atoms with Crippen LogP contribution in [0.3, 0.4) is 0 Å². The molecule has 1 nitrogen and oxygen atoms in total. The first-order valence-corrected chi connectivity index (χ1v) is 3.99. The summed E-state index contributed by atoms with van der Waals surface area (Å²) >= 11 is 0. The molecule has 2 heteroatoms. The molecule has 1 atom stereocenters. The summed E-state index contributed by atoms with van der Waals surface area (Å²) in [4.78, 5) is 0. The number of quaternary nitrogens is 1. The Hall–Kier alpha value is -0.110. The van der Waals surface area contributed by atoms with Gasteiger partial charge >= 0.3 is 0 Å². The maximum Gasteiger partial charge on any atom is 0.228 e. The summed E-state index contributed by atoms with van der Waals surface area (Å²) in [6, 6.07) is 0. The first kappa shape index (κ1) is 7.99. The molecule has 0 aromatic rings. The molecule has 0 aliphatic heterocycles. The normalized spacial score (nSPS) is 22.8. The highest BCUT2D eigenvalue weighted by atomic mass is 19.1. The molecule has 0 bridgehead atoms. The van der Waals surface area contributed by atoms with Crippen LogP contribution in [0.5, 0.6) is 0 Å². The SMILES string of the molecule is CC(F)[N+](C)(C)CC1CC1. The van der Waals surface area contributed by atoms with Crippen LogP contribution in [0.4, 0.5) is 4.39 Å². The van der Waals surface area contributed by atoms with E-state index in [-0.39, 0.29) is 0 Å². The van der Waals surface area contributed by atoms with E-state index in [2.05, 4.69) is 0 Å². The molecule has 1 fully saturated rings. The molecule has 1 rings (SSSR count). The monoisotopic (exact) mass is 146 g/mol. The van der Waals surface area contributed by atoms with E-state index in [1.807, 2.05) is 14.1 Å². The highest BCUT2D eigenvalue weighted by Crippen LogP contribution is 2.31. The topological polar surface area (TPSA) is 0 Å². The minimum Gasteiger partial charge on any atom is -0.300 e. The fraction of sp³-hybridized carbons (Fsp3) is 1.00. The van der Waals surface area contributed by atoms with Crippen molar-refractivity contribution >= 4 is 0 Å². The molecule has 10 heavy (non-hydrogen) atoms. The maximum atomic E-state index is 12.8. The average Bonchev–Trinajstić information content (AvgIpc) is 2.48. The van der Waals surface area contributed by atoms with Crippen molar-refractivity contribution in [2.24, 2.45) is 5.92 Å². The van der Waals surface area contributed by atoms with Gasteiger partial charge in [-0.2, -0.15) is 4.39 Å². The minimum atomic E-state index is -0.722. The van der Waals surface area contributed by atoms with Crippen molar-refractivity contribution in [3.8, 4) is 0 Å². The van der Waals surface area contributed by atoms with E-state index in [1.54, 1.807) is 6.92 Å². The molecule has 0 aromatic heterocycles. The van der Waals surface area contributed by atoms with Crippen molar-refractivity contribution in [2.45, 2.75) is 26.1 Å². The average molecular weight is 146 g/mol. The van der Waals surface area contributed by atoms with Gasteiger partial charge in [-0.05, 0) is 12.8 Å². The third-order valence-corrected chi connectivity index (χ3v) is 2.39. The number of halogens is 1. The van der Waals surface area contributed by atoms with Crippen LogP contribution in [-0.2, 0) is 0 Å². The lowest BCUT2D eigenvalue weighted by Gasteiger charge is -2.31. The summed E-state index contributed by atoms with van der Waals surface area (Å²) in [5.41, 5.74) is 0. The van der Waals surface area contributed by atoms with Gasteiger partial charge in [0.25, 0.3) is 0 Å². The number of hydrogen-bond donors (Lipinski definition) is 0. The summed E-state index contributed by atoms with van der Waals surface area (Å²) in [6.07, 6.45) is 1.91. The van der Waals surface area contributed by atoms with Crippen LogP contribution in [0.15, 0.2) is 0 Å². The van der Waals surface area contributed by atoms with Gasteiger partial charge in [0.1, 0.15) is 0 Å². The Balaban J connectivity index is 2.33. The van der Waals surface area contributed by atoms with Gasteiger partial charge in [-0.15, -0.1) is 0 Å². The van der Waals surface area contributed by atoms with E-state index in [9.17, 15) is 4.39 Å². The Bertz CT molecular complexity index is 116. The van der Waals surface area contributed by atoms with E-state index in [4.69, 9.17) is 0 Å². The molecule has 0 radical (unpaired) electrons. The van der Waals surface area contributed by atoms with Gasteiger partial charge in [0.05, 0.1) is 20.6 Å². The van der Waals surface area contributed by atoms with Crippen molar-refractivity contribution in [1.82, 2.24) is 0 Å². The summed E-state index contributed by atoms with van der Waals surface area (Å²) in [7, 11) is 3.92. The van der Waals surface area contributed by atoms with Gasteiger partial charge in [0.2, 0.25) is 6.30 Å². The Morgan fingerprint density at radius 1 is 1.50 bits per heavy atom. The third-order valence-electron chi connectivity index (χ3n) is 2.39. The van der Waals surface area contributed by atoms with Crippen LogP contribution >= 0.6 is 0 Å². The zero-order valence-corrected chi connectivity index (χ0v) is 7.10.